The quantitative estimate of drug-likeness (QED) is 0.153. The van der Waals surface area contributed by atoms with E-state index in [1.165, 1.54) is 6.92 Å². The summed E-state index contributed by atoms with van der Waals surface area (Å²) in [5.74, 6) is -0.735. The standard InChI is InChI=1S/C23H42N2O11/c1-13(27)25-18-20(30)19(29)16(11-26)36-22(18)33-10-9-32-8-7-24-21(31)15-6-5-14(28)17(35-15)12-34-23(2,3)4/h14-20,22,26,28-30H,5-12H2,1-4H3,(H,24,31)(H,25,27). The molecule has 0 aromatic rings. The van der Waals surface area contributed by atoms with Gasteiger partial charge in [-0.25, -0.2) is 0 Å². The van der Waals surface area contributed by atoms with Gasteiger partial charge in [0.25, 0.3) is 0 Å². The molecule has 2 heterocycles. The molecule has 0 aromatic heterocycles. The molecule has 2 saturated heterocycles. The fourth-order valence-corrected chi connectivity index (χ4v) is 3.85. The average Bonchev–Trinajstić information content (AvgIpc) is 2.81. The Hall–Kier alpha value is -1.42. The van der Waals surface area contributed by atoms with Crippen LogP contribution >= 0.6 is 0 Å². The molecule has 2 fully saturated rings. The molecule has 6 N–H and O–H groups in total. The highest BCUT2D eigenvalue weighted by Crippen LogP contribution is 2.23. The van der Waals surface area contributed by atoms with Crippen LogP contribution in [0.25, 0.3) is 0 Å². The van der Waals surface area contributed by atoms with Crippen LogP contribution in [-0.4, -0.2) is 126 Å². The second-order valence-corrected chi connectivity index (χ2v) is 9.94. The van der Waals surface area contributed by atoms with Gasteiger partial charge in [0.05, 0.1) is 44.7 Å². The van der Waals surface area contributed by atoms with Gasteiger partial charge in [-0.2, -0.15) is 0 Å². The van der Waals surface area contributed by atoms with Crippen LogP contribution in [0.4, 0.5) is 0 Å². The molecule has 36 heavy (non-hydrogen) atoms. The molecule has 0 aliphatic carbocycles. The number of hydrogen-bond acceptors (Lipinski definition) is 11. The van der Waals surface area contributed by atoms with E-state index in [0.29, 0.717) is 12.8 Å². The van der Waals surface area contributed by atoms with Crippen molar-refractivity contribution in [1.29, 1.82) is 0 Å². The summed E-state index contributed by atoms with van der Waals surface area (Å²) in [5.41, 5.74) is -0.380. The van der Waals surface area contributed by atoms with Crippen LogP contribution in [0.2, 0.25) is 0 Å². The SMILES string of the molecule is CC(=O)NC1C(OCCOCCNC(=O)C2CCC(O)C(COC(C)(C)C)O2)OC(CO)C(O)C1O. The monoisotopic (exact) mass is 522 g/mol. The highest BCUT2D eigenvalue weighted by Gasteiger charge is 2.45. The summed E-state index contributed by atoms with van der Waals surface area (Å²) in [7, 11) is 0. The molecule has 2 aliphatic rings. The number of carbonyl (C=O) groups excluding carboxylic acids is 2. The lowest BCUT2D eigenvalue weighted by Crippen LogP contribution is -2.64. The number of nitrogens with one attached hydrogen (secondary N) is 2. The van der Waals surface area contributed by atoms with E-state index in [-0.39, 0.29) is 44.5 Å². The topological polar surface area (TPSA) is 185 Å². The van der Waals surface area contributed by atoms with Crippen molar-refractivity contribution < 1.29 is 53.7 Å². The van der Waals surface area contributed by atoms with Gasteiger partial charge in [0.15, 0.2) is 6.29 Å². The fraction of sp³-hybridized carbons (Fsp3) is 0.913. The summed E-state index contributed by atoms with van der Waals surface area (Å²) in [5, 5.41) is 44.9. The number of amides is 2. The lowest BCUT2D eigenvalue weighted by Gasteiger charge is -2.42. The van der Waals surface area contributed by atoms with Gasteiger partial charge in [-0.1, -0.05) is 0 Å². The van der Waals surface area contributed by atoms with Crippen LogP contribution in [0.5, 0.6) is 0 Å². The third-order valence-electron chi connectivity index (χ3n) is 5.77. The first-order chi connectivity index (χ1) is 16.9. The lowest BCUT2D eigenvalue weighted by atomic mass is 9.97. The van der Waals surface area contributed by atoms with Crippen molar-refractivity contribution in [1.82, 2.24) is 10.6 Å². The van der Waals surface area contributed by atoms with Crippen LogP contribution in [0, 0.1) is 0 Å². The Kier molecular flexibility index (Phi) is 12.4. The third-order valence-corrected chi connectivity index (χ3v) is 5.77. The van der Waals surface area contributed by atoms with E-state index in [0.717, 1.165) is 0 Å². The zero-order valence-corrected chi connectivity index (χ0v) is 21.4. The van der Waals surface area contributed by atoms with Gasteiger partial charge < -0.3 is 54.7 Å². The molecule has 0 radical (unpaired) electrons. The average molecular weight is 523 g/mol. The largest absolute Gasteiger partial charge is 0.394 e. The Morgan fingerprint density at radius 3 is 2.36 bits per heavy atom. The second kappa shape index (κ2) is 14.5. The summed E-state index contributed by atoms with van der Waals surface area (Å²) in [6, 6.07) is -1.02. The summed E-state index contributed by atoms with van der Waals surface area (Å²) in [6.45, 7) is 7.22. The number of aliphatic hydroxyl groups is 4. The van der Waals surface area contributed by atoms with Crippen LogP contribution < -0.4 is 10.6 Å². The maximum Gasteiger partial charge on any atom is 0.249 e. The van der Waals surface area contributed by atoms with Crippen molar-refractivity contribution in [3.63, 3.8) is 0 Å². The Morgan fingerprint density at radius 1 is 1.00 bits per heavy atom. The fourth-order valence-electron chi connectivity index (χ4n) is 3.85. The summed E-state index contributed by atoms with van der Waals surface area (Å²) < 4.78 is 27.9. The predicted octanol–water partition coefficient (Wildman–Crippen LogP) is -2.20. The Labute approximate surface area is 211 Å². The van der Waals surface area contributed by atoms with Gasteiger partial charge in [-0.15, -0.1) is 0 Å². The highest BCUT2D eigenvalue weighted by molar-refractivity contribution is 5.80. The molecule has 8 unspecified atom stereocenters. The molecule has 2 amide bonds. The number of carbonyl (C=O) groups is 2. The Bertz CT molecular complexity index is 689. The summed E-state index contributed by atoms with van der Waals surface area (Å²) >= 11 is 0. The molecule has 2 rings (SSSR count). The summed E-state index contributed by atoms with van der Waals surface area (Å²) in [4.78, 5) is 23.9. The zero-order chi connectivity index (χ0) is 26.9. The third kappa shape index (κ3) is 9.80. The van der Waals surface area contributed by atoms with E-state index >= 15 is 0 Å². The highest BCUT2D eigenvalue weighted by atomic mass is 16.7. The molecular weight excluding hydrogens is 480 g/mol. The minimum Gasteiger partial charge on any atom is -0.394 e. The molecular formula is C23H42N2O11. The lowest BCUT2D eigenvalue weighted by molar-refractivity contribution is -0.272. The number of aliphatic hydroxyl groups excluding tert-OH is 4. The minimum absolute atomic E-state index is 0.0365. The van der Waals surface area contributed by atoms with Gasteiger partial charge >= 0.3 is 0 Å². The molecule has 0 aromatic carbocycles. The van der Waals surface area contributed by atoms with Crippen LogP contribution in [0.1, 0.15) is 40.5 Å². The van der Waals surface area contributed by atoms with Crippen LogP contribution in [-0.2, 0) is 33.3 Å². The number of rotatable bonds is 12. The van der Waals surface area contributed by atoms with Gasteiger partial charge in [0, 0.05) is 13.5 Å². The maximum atomic E-state index is 12.4. The first kappa shape index (κ1) is 30.8. The van der Waals surface area contributed by atoms with E-state index in [1.54, 1.807) is 0 Å². The number of ether oxygens (including phenoxy) is 5. The van der Waals surface area contributed by atoms with E-state index in [1.807, 2.05) is 20.8 Å². The van der Waals surface area contributed by atoms with Gasteiger partial charge in [0.1, 0.15) is 36.6 Å². The normalized spacial score (nSPS) is 33.2. The molecule has 13 heteroatoms. The van der Waals surface area contributed by atoms with Crippen LogP contribution in [0.3, 0.4) is 0 Å². The number of hydrogen-bond donors (Lipinski definition) is 6. The van der Waals surface area contributed by atoms with Crippen molar-refractivity contribution in [2.24, 2.45) is 0 Å². The van der Waals surface area contributed by atoms with Crippen molar-refractivity contribution in [3.05, 3.63) is 0 Å². The van der Waals surface area contributed by atoms with E-state index in [9.17, 15) is 30.0 Å². The summed E-state index contributed by atoms with van der Waals surface area (Å²) in [6.07, 6.45) is -6.02. The first-order valence-corrected chi connectivity index (χ1v) is 12.3. The van der Waals surface area contributed by atoms with Crippen molar-refractivity contribution in [2.75, 3.05) is 39.6 Å². The van der Waals surface area contributed by atoms with Gasteiger partial charge in [-0.05, 0) is 33.6 Å². The first-order valence-electron chi connectivity index (χ1n) is 12.3. The second-order valence-electron chi connectivity index (χ2n) is 9.94. The van der Waals surface area contributed by atoms with E-state index in [2.05, 4.69) is 10.6 Å². The Morgan fingerprint density at radius 2 is 1.72 bits per heavy atom. The van der Waals surface area contributed by atoms with Gasteiger partial charge in [-0.3, -0.25) is 9.59 Å². The molecule has 2 aliphatic heterocycles. The molecule has 13 nitrogen and oxygen atoms in total. The zero-order valence-electron chi connectivity index (χ0n) is 21.4. The van der Waals surface area contributed by atoms with Gasteiger partial charge in [0.2, 0.25) is 11.8 Å². The molecule has 8 atom stereocenters. The van der Waals surface area contributed by atoms with Crippen LogP contribution in [0.15, 0.2) is 0 Å². The Balaban J connectivity index is 1.67. The predicted molar refractivity (Wildman–Crippen MR) is 125 cm³/mol. The van der Waals surface area contributed by atoms with Crippen molar-refractivity contribution in [2.45, 2.75) is 95.1 Å². The smallest absolute Gasteiger partial charge is 0.249 e. The molecule has 210 valence electrons. The van der Waals surface area contributed by atoms with Crippen molar-refractivity contribution in [3.8, 4) is 0 Å². The molecule has 0 spiro atoms. The molecule has 0 saturated carbocycles. The maximum absolute atomic E-state index is 12.4. The van der Waals surface area contributed by atoms with E-state index in [4.69, 9.17) is 23.7 Å². The minimum atomic E-state index is -1.39. The van der Waals surface area contributed by atoms with E-state index < -0.39 is 61.5 Å². The van der Waals surface area contributed by atoms with Crippen molar-refractivity contribution >= 4 is 11.8 Å². The molecule has 0 bridgehead atoms.